The Bertz CT molecular complexity index is 1010. The van der Waals surface area contributed by atoms with Gasteiger partial charge in [0.2, 0.25) is 0 Å². The molecule has 1 aliphatic rings. The van der Waals surface area contributed by atoms with E-state index in [1.165, 1.54) is 6.07 Å². The smallest absolute Gasteiger partial charge is 0.163 e. The highest BCUT2D eigenvalue weighted by atomic mass is 19.2. The molecular formula is C26H24F2O2. The minimum Gasteiger partial charge on any atom is -0.489 e. The van der Waals surface area contributed by atoms with Gasteiger partial charge in [0.05, 0.1) is 5.41 Å². The van der Waals surface area contributed by atoms with E-state index in [4.69, 9.17) is 4.74 Å². The molecule has 1 saturated carbocycles. The van der Waals surface area contributed by atoms with Crippen LogP contribution in [-0.4, -0.2) is 5.78 Å². The average Bonchev–Trinajstić information content (AvgIpc) is 2.97. The summed E-state index contributed by atoms with van der Waals surface area (Å²) in [4.78, 5) is 13.3. The summed E-state index contributed by atoms with van der Waals surface area (Å²) in [6.07, 6.45) is 3.30. The molecule has 0 bridgehead atoms. The highest BCUT2D eigenvalue weighted by Gasteiger charge is 2.44. The Labute approximate surface area is 175 Å². The fraction of sp³-hybridized carbons (Fsp3) is 0.269. The molecule has 0 radical (unpaired) electrons. The summed E-state index contributed by atoms with van der Waals surface area (Å²) >= 11 is 0. The predicted molar refractivity (Wildman–Crippen MR) is 112 cm³/mol. The van der Waals surface area contributed by atoms with E-state index in [2.05, 4.69) is 0 Å². The first-order valence-electron chi connectivity index (χ1n) is 10.4. The lowest BCUT2D eigenvalue weighted by atomic mass is 9.68. The number of carbonyl (C=O) groups is 1. The first-order valence-corrected chi connectivity index (χ1v) is 10.4. The van der Waals surface area contributed by atoms with Crippen molar-refractivity contribution in [2.24, 2.45) is 0 Å². The molecule has 3 aromatic rings. The molecular weight excluding hydrogens is 382 g/mol. The van der Waals surface area contributed by atoms with Crippen LogP contribution in [0, 0.1) is 11.6 Å². The van der Waals surface area contributed by atoms with Gasteiger partial charge in [0.25, 0.3) is 0 Å². The number of ether oxygens (including phenoxy) is 1. The minimum atomic E-state index is -1.17. The van der Waals surface area contributed by atoms with E-state index in [9.17, 15) is 13.6 Å². The van der Waals surface area contributed by atoms with E-state index in [0.717, 1.165) is 30.9 Å². The predicted octanol–water partition coefficient (Wildman–Crippen LogP) is 6.36. The monoisotopic (exact) mass is 406 g/mol. The molecule has 0 N–H and O–H groups in total. The first kappa shape index (κ1) is 20.3. The van der Waals surface area contributed by atoms with Crippen LogP contribution in [0.1, 0.15) is 48.8 Å². The number of Topliss-reactive ketones (excluding diaryl/α,β-unsaturated/α-hetero) is 1. The number of halogens is 2. The summed E-state index contributed by atoms with van der Waals surface area (Å²) in [5.41, 5.74) is 0.706. The molecule has 3 aromatic carbocycles. The van der Waals surface area contributed by atoms with E-state index in [1.807, 2.05) is 42.5 Å². The molecule has 0 spiro atoms. The number of hydrogen-bond donors (Lipinski definition) is 0. The zero-order chi connectivity index (χ0) is 21.0. The lowest BCUT2D eigenvalue weighted by Gasteiger charge is -2.33. The van der Waals surface area contributed by atoms with Crippen LogP contribution in [-0.2, 0) is 16.8 Å². The Morgan fingerprint density at radius 2 is 1.60 bits per heavy atom. The first-order chi connectivity index (χ1) is 14.6. The molecule has 0 saturated heterocycles. The van der Waals surface area contributed by atoms with Crippen molar-refractivity contribution in [3.05, 3.63) is 101 Å². The second-order valence-corrected chi connectivity index (χ2v) is 7.79. The van der Waals surface area contributed by atoms with Crippen molar-refractivity contribution >= 4 is 5.78 Å². The molecule has 1 atom stereocenters. The maximum absolute atomic E-state index is 14.9. The molecule has 0 aliphatic heterocycles. The Balaban J connectivity index is 1.69. The van der Waals surface area contributed by atoms with E-state index < -0.39 is 17.0 Å². The highest BCUT2D eigenvalue weighted by molar-refractivity contribution is 5.94. The molecule has 4 heteroatoms. The van der Waals surface area contributed by atoms with Crippen molar-refractivity contribution in [2.75, 3.05) is 0 Å². The van der Waals surface area contributed by atoms with Crippen LogP contribution in [0.2, 0.25) is 0 Å². The van der Waals surface area contributed by atoms with Crippen LogP contribution in [0.3, 0.4) is 0 Å². The van der Waals surface area contributed by atoms with Gasteiger partial charge in [-0.3, -0.25) is 4.79 Å². The molecule has 1 unspecified atom stereocenters. The maximum atomic E-state index is 14.9. The third-order valence-corrected chi connectivity index (χ3v) is 5.94. The Morgan fingerprint density at radius 1 is 0.833 bits per heavy atom. The Morgan fingerprint density at radius 3 is 2.37 bits per heavy atom. The van der Waals surface area contributed by atoms with Crippen LogP contribution in [0.25, 0.3) is 0 Å². The minimum absolute atomic E-state index is 0.0533. The van der Waals surface area contributed by atoms with E-state index in [-0.39, 0.29) is 11.3 Å². The lowest BCUT2D eigenvalue weighted by Crippen LogP contribution is -2.37. The molecule has 0 heterocycles. The zero-order valence-corrected chi connectivity index (χ0v) is 16.7. The third kappa shape index (κ3) is 3.87. The molecule has 154 valence electrons. The van der Waals surface area contributed by atoms with Gasteiger partial charge in [-0.2, -0.15) is 0 Å². The molecule has 30 heavy (non-hydrogen) atoms. The van der Waals surface area contributed by atoms with Crippen molar-refractivity contribution in [3.8, 4) is 5.75 Å². The van der Waals surface area contributed by atoms with E-state index in [1.54, 1.807) is 18.2 Å². The molecule has 1 aliphatic carbocycles. The molecule has 0 aromatic heterocycles. The summed E-state index contributed by atoms with van der Waals surface area (Å²) in [5, 5.41) is 0. The summed E-state index contributed by atoms with van der Waals surface area (Å²) in [7, 11) is 0. The van der Waals surface area contributed by atoms with Gasteiger partial charge in [-0.1, -0.05) is 67.4 Å². The van der Waals surface area contributed by atoms with Gasteiger partial charge in [-0.15, -0.1) is 0 Å². The number of rotatable bonds is 5. The standard InChI is InChI=1S/C26H24F2O2/c27-23-11-7-10-22(25(23)28)26(17-6-2-5-12-24(26)29)20-13-15-21(16-14-20)30-18-19-8-3-1-4-9-19/h1,3-4,7-11,13-16H,2,5-6,12,17-18H2. The number of benzene rings is 3. The van der Waals surface area contributed by atoms with Crippen molar-refractivity contribution in [2.45, 2.75) is 44.1 Å². The Hall–Kier alpha value is -3.01. The van der Waals surface area contributed by atoms with Gasteiger partial charge >= 0.3 is 0 Å². The van der Waals surface area contributed by atoms with Crippen molar-refractivity contribution in [1.29, 1.82) is 0 Å². The fourth-order valence-corrected chi connectivity index (χ4v) is 4.36. The lowest BCUT2D eigenvalue weighted by molar-refractivity contribution is -0.123. The third-order valence-electron chi connectivity index (χ3n) is 5.94. The highest BCUT2D eigenvalue weighted by Crippen LogP contribution is 2.43. The van der Waals surface area contributed by atoms with Gasteiger partial charge in [-0.05, 0) is 42.2 Å². The topological polar surface area (TPSA) is 26.3 Å². The van der Waals surface area contributed by atoms with Crippen LogP contribution in [0.4, 0.5) is 8.78 Å². The summed E-state index contributed by atoms with van der Waals surface area (Å²) in [6, 6.07) is 21.2. The maximum Gasteiger partial charge on any atom is 0.163 e. The SMILES string of the molecule is O=C1CCCCCC1(c1ccc(OCc2ccccc2)cc1)c1cccc(F)c1F. The summed E-state index contributed by atoms with van der Waals surface area (Å²) < 4.78 is 34.8. The second kappa shape index (κ2) is 8.78. The van der Waals surface area contributed by atoms with Crippen molar-refractivity contribution in [1.82, 2.24) is 0 Å². The van der Waals surface area contributed by atoms with Gasteiger partial charge in [0, 0.05) is 12.0 Å². The Kier molecular flexibility index (Phi) is 5.93. The van der Waals surface area contributed by atoms with Gasteiger partial charge < -0.3 is 4.74 Å². The van der Waals surface area contributed by atoms with Crippen LogP contribution in [0.15, 0.2) is 72.8 Å². The average molecular weight is 406 g/mol. The van der Waals surface area contributed by atoms with E-state index in [0.29, 0.717) is 30.8 Å². The fourth-order valence-electron chi connectivity index (χ4n) is 4.36. The largest absolute Gasteiger partial charge is 0.489 e. The molecule has 4 rings (SSSR count). The number of hydrogen-bond acceptors (Lipinski definition) is 2. The van der Waals surface area contributed by atoms with Crippen molar-refractivity contribution < 1.29 is 18.3 Å². The van der Waals surface area contributed by atoms with Crippen molar-refractivity contribution in [3.63, 3.8) is 0 Å². The quantitative estimate of drug-likeness (QED) is 0.461. The molecule has 0 amide bonds. The zero-order valence-electron chi connectivity index (χ0n) is 16.7. The molecule has 1 fully saturated rings. The normalized spacial score (nSPS) is 19.3. The number of carbonyl (C=O) groups excluding carboxylic acids is 1. The van der Waals surface area contributed by atoms with Gasteiger partial charge in [0.1, 0.15) is 18.1 Å². The number of ketones is 1. The molecule has 2 nitrogen and oxygen atoms in total. The second-order valence-electron chi connectivity index (χ2n) is 7.79. The van der Waals surface area contributed by atoms with Crippen LogP contribution in [0.5, 0.6) is 5.75 Å². The van der Waals surface area contributed by atoms with Crippen LogP contribution < -0.4 is 4.74 Å². The van der Waals surface area contributed by atoms with Crippen LogP contribution >= 0.6 is 0 Å². The van der Waals surface area contributed by atoms with E-state index >= 15 is 0 Å². The van der Waals surface area contributed by atoms with Gasteiger partial charge in [-0.25, -0.2) is 8.78 Å². The summed E-state index contributed by atoms with van der Waals surface area (Å²) in [6.45, 7) is 0.433. The van der Waals surface area contributed by atoms with Gasteiger partial charge in [0.15, 0.2) is 11.6 Å². The summed E-state index contributed by atoms with van der Waals surface area (Å²) in [5.74, 6) is -1.25.